The number of para-hydroxylation sites is 1. The highest BCUT2D eigenvalue weighted by atomic mass is 19.1. The number of amides is 2. The fraction of sp³-hybridized carbons (Fsp3) is 0.308. The smallest absolute Gasteiger partial charge is 0.231 e. The molecule has 3 aromatic rings. The van der Waals surface area contributed by atoms with E-state index in [9.17, 15) is 18.8 Å². The lowest BCUT2D eigenvalue weighted by Gasteiger charge is -2.24. The molecule has 3 atom stereocenters. The Balaban J connectivity index is 1.54. The molecule has 0 bridgehead atoms. The standard InChI is InChI=1S/C26H26FN5O3/c1-32(2)26(35)15-10-19-22(20(33)11-15)24(29-16-6-4-3-5-7-16)23(30-19)14-8-9-28-21(12-14)31-25(34)17-13-18(17)27/h3-9,12,15,17-18,29-30H,10-11,13H2,1-2H3,(H,28,31,34)/t15?,17?,18-/m1/s1. The van der Waals surface area contributed by atoms with Crippen molar-refractivity contribution in [3.63, 3.8) is 0 Å². The van der Waals surface area contributed by atoms with Gasteiger partial charge in [-0.15, -0.1) is 0 Å². The van der Waals surface area contributed by atoms with Crippen molar-refractivity contribution in [2.75, 3.05) is 24.7 Å². The summed E-state index contributed by atoms with van der Waals surface area (Å²) in [5, 5.41) is 6.04. The van der Waals surface area contributed by atoms with Crippen molar-refractivity contribution < 1.29 is 18.8 Å². The van der Waals surface area contributed by atoms with Gasteiger partial charge in [0, 0.05) is 50.1 Å². The molecule has 2 amide bonds. The molecular weight excluding hydrogens is 449 g/mol. The van der Waals surface area contributed by atoms with Gasteiger partial charge in [-0.2, -0.15) is 0 Å². The number of Topliss-reactive ketones (excluding diaryl/α,β-unsaturated/α-hetero) is 1. The Bertz CT molecular complexity index is 1300. The molecule has 1 aromatic carbocycles. The summed E-state index contributed by atoms with van der Waals surface area (Å²) in [6, 6.07) is 12.9. The minimum absolute atomic E-state index is 0.0853. The first-order valence-electron chi connectivity index (χ1n) is 11.5. The van der Waals surface area contributed by atoms with Crippen LogP contribution in [-0.4, -0.2) is 52.7 Å². The van der Waals surface area contributed by atoms with Crippen LogP contribution < -0.4 is 10.6 Å². The highest BCUT2D eigenvalue weighted by Gasteiger charge is 2.43. The topological polar surface area (TPSA) is 107 Å². The van der Waals surface area contributed by atoms with Gasteiger partial charge in [0.05, 0.1) is 28.8 Å². The SMILES string of the molecule is CN(C)C(=O)C1CC(=O)c2c([nH]c(-c3ccnc(NC(=O)C4C[C@H]4F)c3)c2Nc2ccccc2)C1. The van der Waals surface area contributed by atoms with Gasteiger partial charge in [-0.3, -0.25) is 14.4 Å². The Kier molecular flexibility index (Phi) is 5.84. The number of pyridine rings is 1. The molecule has 0 saturated heterocycles. The minimum atomic E-state index is -1.10. The minimum Gasteiger partial charge on any atom is -0.356 e. The molecule has 5 rings (SSSR count). The molecule has 2 aliphatic rings. The molecule has 2 unspecified atom stereocenters. The van der Waals surface area contributed by atoms with E-state index in [2.05, 4.69) is 20.6 Å². The molecule has 9 heteroatoms. The summed E-state index contributed by atoms with van der Waals surface area (Å²) in [7, 11) is 3.37. The molecule has 1 saturated carbocycles. The van der Waals surface area contributed by atoms with E-state index in [1.807, 2.05) is 30.3 Å². The zero-order valence-corrected chi connectivity index (χ0v) is 19.5. The number of ketones is 1. The van der Waals surface area contributed by atoms with E-state index in [0.29, 0.717) is 40.4 Å². The molecule has 0 radical (unpaired) electrons. The maximum absolute atomic E-state index is 13.3. The summed E-state index contributed by atoms with van der Waals surface area (Å²) >= 11 is 0. The molecule has 3 N–H and O–H groups in total. The Labute approximate surface area is 201 Å². The fourth-order valence-electron chi connectivity index (χ4n) is 4.51. The van der Waals surface area contributed by atoms with Gasteiger partial charge in [0.25, 0.3) is 0 Å². The van der Waals surface area contributed by atoms with E-state index < -0.39 is 23.9 Å². The first kappa shape index (κ1) is 22.8. The van der Waals surface area contributed by atoms with Crippen molar-refractivity contribution in [2.24, 2.45) is 11.8 Å². The average Bonchev–Trinajstić information content (AvgIpc) is 3.47. The number of anilines is 3. The van der Waals surface area contributed by atoms with E-state index >= 15 is 0 Å². The van der Waals surface area contributed by atoms with Crippen molar-refractivity contribution in [3.05, 3.63) is 59.9 Å². The number of nitrogens with zero attached hydrogens (tertiary/aromatic N) is 2. The Morgan fingerprint density at radius 2 is 1.89 bits per heavy atom. The monoisotopic (exact) mass is 475 g/mol. The summed E-state index contributed by atoms with van der Waals surface area (Å²) < 4.78 is 13.3. The van der Waals surface area contributed by atoms with E-state index in [0.717, 1.165) is 5.69 Å². The lowest BCUT2D eigenvalue weighted by Crippen LogP contribution is -2.35. The third kappa shape index (κ3) is 4.53. The number of hydrogen-bond acceptors (Lipinski definition) is 5. The van der Waals surface area contributed by atoms with Crippen molar-refractivity contribution in [1.82, 2.24) is 14.9 Å². The van der Waals surface area contributed by atoms with Gasteiger partial charge in [0.2, 0.25) is 11.8 Å². The number of nitrogens with one attached hydrogen (secondary N) is 3. The number of carbonyl (C=O) groups excluding carboxylic acids is 3. The van der Waals surface area contributed by atoms with Gasteiger partial charge >= 0.3 is 0 Å². The van der Waals surface area contributed by atoms with Crippen molar-refractivity contribution in [1.29, 1.82) is 0 Å². The van der Waals surface area contributed by atoms with Crippen LogP contribution in [0.1, 0.15) is 28.9 Å². The number of alkyl halides is 1. The quantitative estimate of drug-likeness (QED) is 0.501. The number of hydrogen-bond donors (Lipinski definition) is 3. The number of carbonyl (C=O) groups is 3. The van der Waals surface area contributed by atoms with Crippen LogP contribution in [-0.2, 0) is 16.0 Å². The predicted molar refractivity (Wildman–Crippen MR) is 130 cm³/mol. The first-order valence-corrected chi connectivity index (χ1v) is 11.5. The number of benzene rings is 1. The molecule has 0 spiro atoms. The van der Waals surface area contributed by atoms with Gasteiger partial charge in [-0.1, -0.05) is 18.2 Å². The van der Waals surface area contributed by atoms with Gasteiger partial charge in [-0.25, -0.2) is 9.37 Å². The van der Waals surface area contributed by atoms with Crippen molar-refractivity contribution in [3.8, 4) is 11.3 Å². The van der Waals surface area contributed by atoms with E-state index in [-0.39, 0.29) is 24.5 Å². The number of aromatic amines is 1. The number of rotatable bonds is 6. The summed E-state index contributed by atoms with van der Waals surface area (Å²) in [6.45, 7) is 0. The van der Waals surface area contributed by atoms with Crippen LogP contribution in [0.4, 0.5) is 21.6 Å². The molecule has 2 aromatic heterocycles. The van der Waals surface area contributed by atoms with Crippen LogP contribution in [0.15, 0.2) is 48.7 Å². The maximum Gasteiger partial charge on any atom is 0.231 e. The van der Waals surface area contributed by atoms with Crippen molar-refractivity contribution >= 4 is 34.8 Å². The highest BCUT2D eigenvalue weighted by Crippen LogP contribution is 2.41. The summed E-state index contributed by atoms with van der Waals surface area (Å²) in [5.41, 5.74) is 3.99. The molecule has 180 valence electrons. The van der Waals surface area contributed by atoms with Crippen LogP contribution in [0.2, 0.25) is 0 Å². The van der Waals surface area contributed by atoms with E-state index in [4.69, 9.17) is 0 Å². The van der Waals surface area contributed by atoms with Crippen molar-refractivity contribution in [2.45, 2.75) is 25.4 Å². The molecular formula is C26H26FN5O3. The number of H-pyrrole nitrogens is 1. The molecule has 2 heterocycles. The van der Waals surface area contributed by atoms with Crippen LogP contribution in [0.25, 0.3) is 11.3 Å². The van der Waals surface area contributed by atoms with Crippen LogP contribution in [0.3, 0.4) is 0 Å². The van der Waals surface area contributed by atoms with Crippen LogP contribution >= 0.6 is 0 Å². The predicted octanol–water partition coefficient (Wildman–Crippen LogP) is 3.95. The number of halogens is 1. The van der Waals surface area contributed by atoms with Gasteiger partial charge in [0.1, 0.15) is 12.0 Å². The number of fused-ring (bicyclic) bond motifs is 1. The largest absolute Gasteiger partial charge is 0.356 e. The average molecular weight is 476 g/mol. The molecule has 2 aliphatic carbocycles. The van der Waals surface area contributed by atoms with E-state index in [1.54, 1.807) is 32.4 Å². The Morgan fingerprint density at radius 1 is 1.14 bits per heavy atom. The van der Waals surface area contributed by atoms with Gasteiger partial charge in [0.15, 0.2) is 5.78 Å². The molecule has 35 heavy (non-hydrogen) atoms. The molecule has 8 nitrogen and oxygen atoms in total. The van der Waals surface area contributed by atoms with Crippen LogP contribution in [0.5, 0.6) is 0 Å². The lowest BCUT2D eigenvalue weighted by molar-refractivity contribution is -0.133. The first-order chi connectivity index (χ1) is 16.8. The third-order valence-corrected chi connectivity index (χ3v) is 6.42. The molecule has 1 fully saturated rings. The Hall–Kier alpha value is -4.01. The second-order valence-corrected chi connectivity index (χ2v) is 9.26. The lowest BCUT2D eigenvalue weighted by atomic mass is 9.85. The normalized spacial score (nSPS) is 20.7. The summed E-state index contributed by atoms with van der Waals surface area (Å²) in [4.78, 5) is 47.2. The van der Waals surface area contributed by atoms with Gasteiger partial charge in [-0.05, 0) is 30.7 Å². The number of aromatic nitrogens is 2. The second-order valence-electron chi connectivity index (χ2n) is 9.26. The molecule has 0 aliphatic heterocycles. The zero-order valence-electron chi connectivity index (χ0n) is 19.5. The summed E-state index contributed by atoms with van der Waals surface area (Å²) in [6.07, 6.45) is 1.23. The fourth-order valence-corrected chi connectivity index (χ4v) is 4.51. The van der Waals surface area contributed by atoms with E-state index in [1.165, 1.54) is 4.90 Å². The highest BCUT2D eigenvalue weighted by molar-refractivity contribution is 6.09. The third-order valence-electron chi connectivity index (χ3n) is 6.42. The maximum atomic E-state index is 13.3. The Morgan fingerprint density at radius 3 is 2.57 bits per heavy atom. The summed E-state index contributed by atoms with van der Waals surface area (Å²) in [5.74, 6) is -1.35. The van der Waals surface area contributed by atoms with Gasteiger partial charge < -0.3 is 20.5 Å². The van der Waals surface area contributed by atoms with Crippen LogP contribution in [0, 0.1) is 11.8 Å². The second kappa shape index (κ2) is 8.98. The zero-order chi connectivity index (χ0) is 24.7.